The molecule has 0 saturated heterocycles. The van der Waals surface area contributed by atoms with E-state index in [1.807, 2.05) is 11.8 Å². The molecule has 0 aliphatic rings. The van der Waals surface area contributed by atoms with Gasteiger partial charge in [0.2, 0.25) is 0 Å². The Bertz CT molecular complexity index is 167. The van der Waals surface area contributed by atoms with Crippen LogP contribution in [-0.4, -0.2) is 35.0 Å². The summed E-state index contributed by atoms with van der Waals surface area (Å²) in [5.74, 6) is 2.37. The second-order valence-electron chi connectivity index (χ2n) is 3.97. The third-order valence-corrected chi connectivity index (χ3v) is 3.31. The van der Waals surface area contributed by atoms with Crippen molar-refractivity contribution in [1.29, 1.82) is 0 Å². The molecule has 2 nitrogen and oxygen atoms in total. The summed E-state index contributed by atoms with van der Waals surface area (Å²) in [6.07, 6.45) is 4.40. The molecule has 90 valence electrons. The first-order valence-electron chi connectivity index (χ1n) is 5.90. The Labute approximate surface area is 98.6 Å². The number of rotatable bonds is 9. The summed E-state index contributed by atoms with van der Waals surface area (Å²) in [5, 5.41) is 8.62. The van der Waals surface area contributed by atoms with Crippen molar-refractivity contribution in [3.05, 3.63) is 0 Å². The highest BCUT2D eigenvalue weighted by molar-refractivity contribution is 7.99. The zero-order chi connectivity index (χ0) is 11.5. The minimum atomic E-state index is 0.331. The fourth-order valence-corrected chi connectivity index (χ4v) is 2.41. The molecule has 0 rings (SSSR count). The molecule has 0 bridgehead atoms. The fraction of sp³-hybridized carbons (Fsp3) is 0.917. The van der Waals surface area contributed by atoms with E-state index < -0.39 is 0 Å². The minimum absolute atomic E-state index is 0.331. The normalized spacial score (nSPS) is 12.5. The van der Waals surface area contributed by atoms with E-state index in [0.29, 0.717) is 12.6 Å². The van der Waals surface area contributed by atoms with Gasteiger partial charge in [0, 0.05) is 12.3 Å². The van der Waals surface area contributed by atoms with E-state index in [1.54, 1.807) is 0 Å². The van der Waals surface area contributed by atoms with Crippen LogP contribution in [0, 0.1) is 0 Å². The van der Waals surface area contributed by atoms with Gasteiger partial charge in [-0.15, -0.1) is 0 Å². The summed E-state index contributed by atoms with van der Waals surface area (Å²) in [4.78, 5) is 4.59. The largest absolute Gasteiger partial charge is 0.396 e. The molecule has 0 amide bonds. The Morgan fingerprint density at radius 2 is 2.00 bits per heavy atom. The van der Waals surface area contributed by atoms with E-state index in [4.69, 9.17) is 5.11 Å². The average molecular weight is 231 g/mol. The van der Waals surface area contributed by atoms with E-state index in [1.165, 1.54) is 23.6 Å². The molecule has 0 saturated carbocycles. The third-order valence-electron chi connectivity index (χ3n) is 2.20. The molecule has 0 aliphatic heterocycles. The number of aliphatic hydroxyl groups excluding tert-OH is 1. The van der Waals surface area contributed by atoms with Gasteiger partial charge in [0.05, 0.1) is 6.04 Å². The summed E-state index contributed by atoms with van der Waals surface area (Å²) in [7, 11) is 0. The van der Waals surface area contributed by atoms with E-state index in [-0.39, 0.29) is 0 Å². The predicted molar refractivity (Wildman–Crippen MR) is 71.1 cm³/mol. The molecule has 1 N–H and O–H groups in total. The van der Waals surface area contributed by atoms with Gasteiger partial charge >= 0.3 is 0 Å². The molecule has 0 heterocycles. The number of aliphatic imine (C=N–C) groups is 1. The van der Waals surface area contributed by atoms with Gasteiger partial charge in [-0.2, -0.15) is 11.8 Å². The summed E-state index contributed by atoms with van der Waals surface area (Å²) >= 11 is 1.98. The van der Waals surface area contributed by atoms with Crippen LogP contribution >= 0.6 is 11.8 Å². The first-order valence-corrected chi connectivity index (χ1v) is 7.05. The molecular formula is C12H25NOS. The molecule has 1 unspecified atom stereocenters. The van der Waals surface area contributed by atoms with Crippen molar-refractivity contribution in [1.82, 2.24) is 0 Å². The second kappa shape index (κ2) is 10.5. The molecule has 0 aliphatic carbocycles. The molecule has 0 aromatic carbocycles. The van der Waals surface area contributed by atoms with Gasteiger partial charge < -0.3 is 5.11 Å². The summed E-state index contributed by atoms with van der Waals surface area (Å²) < 4.78 is 0. The lowest BCUT2D eigenvalue weighted by atomic mass is 10.2. The van der Waals surface area contributed by atoms with Crippen LogP contribution in [0.25, 0.3) is 0 Å². The summed E-state index contributed by atoms with van der Waals surface area (Å²) in [6.45, 7) is 6.67. The molecular weight excluding hydrogens is 206 g/mol. The number of thioether (sulfide) groups is 1. The van der Waals surface area contributed by atoms with Crippen molar-refractivity contribution in [2.45, 2.75) is 52.5 Å². The van der Waals surface area contributed by atoms with Crippen molar-refractivity contribution in [3.8, 4) is 0 Å². The second-order valence-corrected chi connectivity index (χ2v) is 5.19. The molecule has 0 aromatic rings. The van der Waals surface area contributed by atoms with Crippen LogP contribution in [0.4, 0.5) is 0 Å². The zero-order valence-corrected chi connectivity index (χ0v) is 11.1. The predicted octanol–water partition coefficient (Wildman–Crippen LogP) is 3.14. The Morgan fingerprint density at radius 3 is 2.53 bits per heavy atom. The molecule has 3 heteroatoms. The monoisotopic (exact) mass is 231 g/mol. The Kier molecular flexibility index (Phi) is 10.5. The van der Waals surface area contributed by atoms with Crippen LogP contribution in [0.15, 0.2) is 4.99 Å². The highest BCUT2D eigenvalue weighted by Crippen LogP contribution is 2.11. The van der Waals surface area contributed by atoms with Gasteiger partial charge in [0.1, 0.15) is 0 Å². The van der Waals surface area contributed by atoms with Crippen molar-refractivity contribution in [2.24, 2.45) is 4.99 Å². The van der Waals surface area contributed by atoms with Crippen molar-refractivity contribution in [2.75, 3.05) is 18.1 Å². The van der Waals surface area contributed by atoms with Gasteiger partial charge in [0.15, 0.2) is 0 Å². The summed E-state index contributed by atoms with van der Waals surface area (Å²) in [6, 6.07) is 0.514. The van der Waals surface area contributed by atoms with E-state index >= 15 is 0 Å². The standard InChI is InChI=1S/C12H25NOS/c1-4-12(13-11(2)3)7-10-15-9-6-5-8-14/h12,14H,4-10H2,1-3H3. The van der Waals surface area contributed by atoms with Gasteiger partial charge in [-0.1, -0.05) is 6.92 Å². The minimum Gasteiger partial charge on any atom is -0.396 e. The van der Waals surface area contributed by atoms with E-state index in [9.17, 15) is 0 Å². The maximum absolute atomic E-state index is 8.62. The van der Waals surface area contributed by atoms with Gasteiger partial charge in [-0.05, 0) is 51.0 Å². The quantitative estimate of drug-likeness (QED) is 0.488. The molecule has 1 atom stereocenters. The number of hydrogen-bond acceptors (Lipinski definition) is 3. The van der Waals surface area contributed by atoms with Gasteiger partial charge in [-0.25, -0.2) is 0 Å². The molecule has 0 radical (unpaired) electrons. The van der Waals surface area contributed by atoms with Crippen LogP contribution in [0.1, 0.15) is 46.5 Å². The first-order chi connectivity index (χ1) is 7.20. The van der Waals surface area contributed by atoms with Gasteiger partial charge in [0.25, 0.3) is 0 Å². The zero-order valence-electron chi connectivity index (χ0n) is 10.3. The van der Waals surface area contributed by atoms with Crippen LogP contribution < -0.4 is 0 Å². The van der Waals surface area contributed by atoms with Crippen LogP contribution in [0.3, 0.4) is 0 Å². The SMILES string of the molecule is CCC(CCSCCCCO)N=C(C)C. The molecule has 0 spiro atoms. The Morgan fingerprint density at radius 1 is 1.27 bits per heavy atom. The molecule has 15 heavy (non-hydrogen) atoms. The Balaban J connectivity index is 3.43. The summed E-state index contributed by atoms with van der Waals surface area (Å²) in [5.41, 5.74) is 1.19. The maximum Gasteiger partial charge on any atom is 0.0504 e. The van der Waals surface area contributed by atoms with Crippen molar-refractivity contribution >= 4 is 17.5 Å². The van der Waals surface area contributed by atoms with E-state index in [2.05, 4.69) is 25.8 Å². The van der Waals surface area contributed by atoms with Crippen LogP contribution in [-0.2, 0) is 0 Å². The number of unbranched alkanes of at least 4 members (excludes halogenated alkanes) is 1. The van der Waals surface area contributed by atoms with Gasteiger partial charge in [-0.3, -0.25) is 4.99 Å². The Hall–Kier alpha value is -0.0200. The van der Waals surface area contributed by atoms with Crippen molar-refractivity contribution < 1.29 is 5.11 Å². The van der Waals surface area contributed by atoms with Crippen molar-refractivity contribution in [3.63, 3.8) is 0 Å². The molecule has 0 fully saturated rings. The lowest BCUT2D eigenvalue weighted by Crippen LogP contribution is -2.06. The highest BCUT2D eigenvalue weighted by Gasteiger charge is 2.03. The van der Waals surface area contributed by atoms with E-state index in [0.717, 1.165) is 19.3 Å². The van der Waals surface area contributed by atoms with Crippen LogP contribution in [0.5, 0.6) is 0 Å². The first kappa shape index (κ1) is 15.0. The maximum atomic E-state index is 8.62. The lowest BCUT2D eigenvalue weighted by Gasteiger charge is -2.10. The smallest absolute Gasteiger partial charge is 0.0504 e. The molecule has 0 aromatic heterocycles. The number of nitrogens with zero attached hydrogens (tertiary/aromatic N) is 1. The highest BCUT2D eigenvalue weighted by atomic mass is 32.2. The lowest BCUT2D eigenvalue weighted by molar-refractivity contribution is 0.287. The number of aliphatic hydroxyl groups is 1. The average Bonchev–Trinajstić information content (AvgIpc) is 2.20. The topological polar surface area (TPSA) is 32.6 Å². The van der Waals surface area contributed by atoms with Crippen LogP contribution in [0.2, 0.25) is 0 Å². The number of hydrogen-bond donors (Lipinski definition) is 1. The fourth-order valence-electron chi connectivity index (χ4n) is 1.36. The third kappa shape index (κ3) is 10.3.